The molecule has 0 saturated heterocycles. The zero-order chi connectivity index (χ0) is 11.5. The Morgan fingerprint density at radius 3 is 2.67 bits per heavy atom. The number of Topliss-reactive ketones (excluding diaryl/α,β-unsaturated/α-hetero) is 1. The molecule has 1 nitrogen and oxygen atoms in total. The second kappa shape index (κ2) is 4.61. The van der Waals surface area contributed by atoms with Gasteiger partial charge in [-0.15, -0.1) is 0 Å². The molecule has 0 aromatic rings. The highest BCUT2D eigenvalue weighted by molar-refractivity contribution is 5.99. The zero-order valence-corrected chi connectivity index (χ0v) is 9.75. The predicted octanol–water partition coefficient (Wildman–Crippen LogP) is 3.68. The van der Waals surface area contributed by atoms with E-state index >= 15 is 0 Å². The van der Waals surface area contributed by atoms with Crippen molar-refractivity contribution in [2.75, 3.05) is 0 Å². The fraction of sp³-hybridized carbons (Fsp3) is 0.500. The first-order valence-electron chi connectivity index (χ1n) is 5.48. The third kappa shape index (κ3) is 2.68. The molecule has 1 rings (SSSR count). The van der Waals surface area contributed by atoms with Crippen molar-refractivity contribution >= 4 is 5.78 Å². The number of carbonyl (C=O) groups is 1. The lowest BCUT2D eigenvalue weighted by Crippen LogP contribution is -2.21. The second-order valence-corrected chi connectivity index (χ2v) is 4.93. The number of ketones is 1. The molecule has 0 aromatic carbocycles. The topological polar surface area (TPSA) is 17.1 Å². The van der Waals surface area contributed by atoms with Gasteiger partial charge in [-0.25, -0.2) is 0 Å². The van der Waals surface area contributed by atoms with E-state index in [-0.39, 0.29) is 17.1 Å². The third-order valence-corrected chi connectivity index (χ3v) is 3.17. The van der Waals surface area contributed by atoms with Gasteiger partial charge in [0.25, 0.3) is 0 Å². The van der Waals surface area contributed by atoms with E-state index < -0.39 is 0 Å². The fourth-order valence-corrected chi connectivity index (χ4v) is 2.34. The molecule has 1 atom stereocenters. The van der Waals surface area contributed by atoms with Crippen LogP contribution in [0.25, 0.3) is 0 Å². The Labute approximate surface area is 92.6 Å². The van der Waals surface area contributed by atoms with Crippen molar-refractivity contribution in [2.24, 2.45) is 11.3 Å². The molecule has 0 spiro atoms. The summed E-state index contributed by atoms with van der Waals surface area (Å²) in [6.45, 7) is 11.8. The summed E-state index contributed by atoms with van der Waals surface area (Å²) in [4.78, 5) is 11.8. The number of hydrogen-bond acceptors (Lipinski definition) is 1. The summed E-state index contributed by atoms with van der Waals surface area (Å²) in [6, 6.07) is 0. The van der Waals surface area contributed by atoms with Gasteiger partial charge in [0.05, 0.1) is 0 Å². The van der Waals surface area contributed by atoms with Crippen molar-refractivity contribution in [3.05, 3.63) is 37.0 Å². The van der Waals surface area contributed by atoms with Crippen molar-refractivity contribution in [3.8, 4) is 0 Å². The van der Waals surface area contributed by atoms with Crippen molar-refractivity contribution < 1.29 is 4.79 Å². The first-order chi connectivity index (χ1) is 6.99. The number of hydrogen-bond donors (Lipinski definition) is 0. The van der Waals surface area contributed by atoms with E-state index in [1.165, 1.54) is 0 Å². The van der Waals surface area contributed by atoms with Gasteiger partial charge in [0.15, 0.2) is 5.78 Å². The highest BCUT2D eigenvalue weighted by Crippen LogP contribution is 2.44. The largest absolute Gasteiger partial charge is 0.294 e. The van der Waals surface area contributed by atoms with Crippen LogP contribution >= 0.6 is 0 Å². The van der Waals surface area contributed by atoms with E-state index in [9.17, 15) is 4.79 Å². The lowest BCUT2D eigenvalue weighted by atomic mass is 9.79. The molecule has 1 fully saturated rings. The Hall–Kier alpha value is -1.11. The maximum absolute atomic E-state index is 11.8. The molecular formula is C14H20O. The molecule has 0 aliphatic heterocycles. The van der Waals surface area contributed by atoms with E-state index in [0.717, 1.165) is 24.8 Å². The van der Waals surface area contributed by atoms with E-state index in [4.69, 9.17) is 0 Å². The number of allylic oxidation sites excluding steroid dienone is 4. The molecule has 82 valence electrons. The first kappa shape index (κ1) is 12.0. The minimum absolute atomic E-state index is 0.0934. The Bertz CT molecular complexity index is 307. The number of carbonyl (C=O) groups excluding carboxylic acids is 1. The molecule has 1 aliphatic rings. The molecule has 1 unspecified atom stereocenters. The monoisotopic (exact) mass is 204 g/mol. The lowest BCUT2D eigenvalue weighted by molar-refractivity contribution is -0.119. The molecule has 0 N–H and O–H groups in total. The highest BCUT2D eigenvalue weighted by Gasteiger charge is 2.42. The Kier molecular flexibility index (Phi) is 3.67. The van der Waals surface area contributed by atoms with Gasteiger partial charge in [-0.05, 0) is 30.3 Å². The molecule has 1 heteroatoms. The van der Waals surface area contributed by atoms with Crippen molar-refractivity contribution in [1.29, 1.82) is 0 Å². The summed E-state index contributed by atoms with van der Waals surface area (Å²) in [5, 5.41) is 0. The van der Waals surface area contributed by atoms with E-state index in [2.05, 4.69) is 33.1 Å². The smallest absolute Gasteiger partial charge is 0.161 e. The molecule has 0 radical (unpaired) electrons. The summed E-state index contributed by atoms with van der Waals surface area (Å²) in [5.41, 5.74) is 0.897. The Balaban J connectivity index is 2.60. The maximum Gasteiger partial charge on any atom is 0.161 e. The van der Waals surface area contributed by atoms with Crippen LogP contribution in [0, 0.1) is 11.3 Å². The summed E-state index contributed by atoms with van der Waals surface area (Å²) in [6.07, 6.45) is 8.48. The van der Waals surface area contributed by atoms with Gasteiger partial charge in [0, 0.05) is 5.92 Å². The minimum atomic E-state index is 0.0934. The standard InChI is InChI=1S/C14H20O/c1-5-6-7-8-9-12-13(15)11(2)10-14(12,3)4/h5-7,12H,1-2,8-10H2,3-4H3/b7-6+. The van der Waals surface area contributed by atoms with Gasteiger partial charge in [0.2, 0.25) is 0 Å². The molecule has 0 heterocycles. The Morgan fingerprint density at radius 2 is 2.20 bits per heavy atom. The molecular weight excluding hydrogens is 184 g/mol. The van der Waals surface area contributed by atoms with Crippen LogP contribution in [0.1, 0.15) is 33.1 Å². The lowest BCUT2D eigenvalue weighted by Gasteiger charge is -2.24. The molecule has 0 bridgehead atoms. The van der Waals surface area contributed by atoms with Gasteiger partial charge in [0.1, 0.15) is 0 Å². The normalized spacial score (nSPS) is 25.1. The maximum atomic E-state index is 11.8. The van der Waals surface area contributed by atoms with Crippen LogP contribution in [0.2, 0.25) is 0 Å². The molecule has 0 amide bonds. The average molecular weight is 204 g/mol. The van der Waals surface area contributed by atoms with Crippen LogP contribution in [-0.2, 0) is 4.79 Å². The van der Waals surface area contributed by atoms with Gasteiger partial charge in [-0.1, -0.05) is 45.2 Å². The number of rotatable bonds is 4. The van der Waals surface area contributed by atoms with Gasteiger partial charge < -0.3 is 0 Å². The quantitative estimate of drug-likeness (QED) is 0.504. The Morgan fingerprint density at radius 1 is 1.53 bits per heavy atom. The van der Waals surface area contributed by atoms with E-state index in [1.54, 1.807) is 6.08 Å². The molecule has 0 aromatic heterocycles. The van der Waals surface area contributed by atoms with E-state index in [1.807, 2.05) is 6.08 Å². The van der Waals surface area contributed by atoms with Crippen molar-refractivity contribution in [1.82, 2.24) is 0 Å². The molecule has 15 heavy (non-hydrogen) atoms. The van der Waals surface area contributed by atoms with Gasteiger partial charge in [-0.2, -0.15) is 0 Å². The molecule has 1 saturated carbocycles. The highest BCUT2D eigenvalue weighted by atomic mass is 16.1. The second-order valence-electron chi connectivity index (χ2n) is 4.93. The van der Waals surface area contributed by atoms with Crippen LogP contribution in [-0.4, -0.2) is 5.78 Å². The van der Waals surface area contributed by atoms with Crippen LogP contribution in [0.15, 0.2) is 37.0 Å². The average Bonchev–Trinajstić information content (AvgIpc) is 2.33. The first-order valence-corrected chi connectivity index (χ1v) is 5.48. The van der Waals surface area contributed by atoms with Gasteiger partial charge in [-0.3, -0.25) is 4.79 Å². The summed E-state index contributed by atoms with van der Waals surface area (Å²) in [7, 11) is 0. The van der Waals surface area contributed by atoms with Gasteiger partial charge >= 0.3 is 0 Å². The zero-order valence-electron chi connectivity index (χ0n) is 9.75. The summed E-state index contributed by atoms with van der Waals surface area (Å²) in [5.74, 6) is 0.423. The van der Waals surface area contributed by atoms with Crippen molar-refractivity contribution in [3.63, 3.8) is 0 Å². The predicted molar refractivity (Wildman–Crippen MR) is 64.6 cm³/mol. The van der Waals surface area contributed by atoms with Crippen molar-refractivity contribution in [2.45, 2.75) is 33.1 Å². The van der Waals surface area contributed by atoms with E-state index in [0.29, 0.717) is 0 Å². The minimum Gasteiger partial charge on any atom is -0.294 e. The SMILES string of the molecule is C=C/C=C/CCC1C(=O)C(=C)CC1(C)C. The van der Waals surface area contributed by atoms with Crippen LogP contribution in [0.4, 0.5) is 0 Å². The van der Waals surface area contributed by atoms with Crippen LogP contribution in [0.3, 0.4) is 0 Å². The fourth-order valence-electron chi connectivity index (χ4n) is 2.34. The van der Waals surface area contributed by atoms with Crippen LogP contribution < -0.4 is 0 Å². The molecule has 1 aliphatic carbocycles. The third-order valence-electron chi connectivity index (χ3n) is 3.17. The summed E-state index contributed by atoms with van der Waals surface area (Å²) < 4.78 is 0. The summed E-state index contributed by atoms with van der Waals surface area (Å²) >= 11 is 0. The van der Waals surface area contributed by atoms with Crippen LogP contribution in [0.5, 0.6) is 0 Å².